The summed E-state index contributed by atoms with van der Waals surface area (Å²) in [5, 5.41) is 0. The van der Waals surface area contributed by atoms with Crippen molar-refractivity contribution in [3.63, 3.8) is 0 Å². The predicted molar refractivity (Wildman–Crippen MR) is 107 cm³/mol. The molecule has 158 valence electrons. The maximum absolute atomic E-state index is 12.0. The second-order valence-electron chi connectivity index (χ2n) is 10.5. The van der Waals surface area contributed by atoms with Gasteiger partial charge in [-0.05, 0) is 98.7 Å². The van der Waals surface area contributed by atoms with E-state index in [0.717, 1.165) is 23.7 Å². The molecule has 0 aromatic carbocycles. The van der Waals surface area contributed by atoms with E-state index >= 15 is 0 Å². The summed E-state index contributed by atoms with van der Waals surface area (Å²) < 4.78 is 11.0. The van der Waals surface area contributed by atoms with Gasteiger partial charge in [0.05, 0.1) is 13.2 Å². The van der Waals surface area contributed by atoms with Crippen LogP contribution in [0.25, 0.3) is 0 Å². The van der Waals surface area contributed by atoms with Gasteiger partial charge in [-0.1, -0.05) is 13.8 Å². The molecule has 4 rings (SSSR count). The summed E-state index contributed by atoms with van der Waals surface area (Å²) in [7, 11) is 0. The van der Waals surface area contributed by atoms with E-state index in [1.807, 2.05) is 0 Å². The van der Waals surface area contributed by atoms with Gasteiger partial charge in [-0.2, -0.15) is 0 Å². The van der Waals surface area contributed by atoms with Crippen molar-refractivity contribution in [3.05, 3.63) is 0 Å². The second-order valence-corrected chi connectivity index (χ2v) is 10.5. The molecule has 0 radical (unpaired) electrons. The van der Waals surface area contributed by atoms with Gasteiger partial charge >= 0.3 is 11.9 Å². The van der Waals surface area contributed by atoms with Crippen LogP contribution in [0.15, 0.2) is 0 Å². The molecule has 4 aliphatic carbocycles. The van der Waals surface area contributed by atoms with Crippen molar-refractivity contribution in [2.45, 2.75) is 78.1 Å². The standard InChI is InChI=1S/C24H38O4/c1-15-7-17-9-19(17)11-21(15)13-27-23(25)5-3-4-6-24(26)28-14-22-12-20-10-18(20)8-16(22)2/h15-22H,3-14H2,1-2H3. The molecule has 0 amide bonds. The minimum Gasteiger partial charge on any atom is -0.465 e. The lowest BCUT2D eigenvalue weighted by atomic mass is 9.81. The topological polar surface area (TPSA) is 52.6 Å². The normalized spacial score (nSPS) is 40.8. The first-order chi connectivity index (χ1) is 13.5. The molecule has 4 saturated carbocycles. The van der Waals surface area contributed by atoms with E-state index in [4.69, 9.17) is 9.47 Å². The number of hydrogen-bond donors (Lipinski definition) is 0. The molecule has 8 atom stereocenters. The summed E-state index contributed by atoms with van der Waals surface area (Å²) in [5.74, 6) is 6.02. The average Bonchev–Trinajstić information content (AvgIpc) is 3.57. The van der Waals surface area contributed by atoms with Crippen LogP contribution in [0.3, 0.4) is 0 Å². The maximum Gasteiger partial charge on any atom is 0.305 e. The fourth-order valence-electron chi connectivity index (χ4n) is 5.91. The highest BCUT2D eigenvalue weighted by Crippen LogP contribution is 2.54. The Hall–Kier alpha value is -1.06. The van der Waals surface area contributed by atoms with Crippen LogP contribution in [0.1, 0.15) is 78.1 Å². The lowest BCUT2D eigenvalue weighted by Crippen LogP contribution is -2.25. The fourth-order valence-corrected chi connectivity index (χ4v) is 5.91. The van der Waals surface area contributed by atoms with Crippen LogP contribution in [-0.2, 0) is 19.1 Å². The molecule has 28 heavy (non-hydrogen) atoms. The van der Waals surface area contributed by atoms with Gasteiger partial charge in [-0.15, -0.1) is 0 Å². The third-order valence-corrected chi connectivity index (χ3v) is 8.24. The van der Waals surface area contributed by atoms with Gasteiger partial charge in [-0.25, -0.2) is 0 Å². The maximum atomic E-state index is 12.0. The van der Waals surface area contributed by atoms with E-state index in [-0.39, 0.29) is 11.9 Å². The predicted octanol–water partition coefficient (Wildman–Crippen LogP) is 5.00. The molecule has 0 saturated heterocycles. The van der Waals surface area contributed by atoms with Crippen molar-refractivity contribution in [2.24, 2.45) is 47.3 Å². The Labute approximate surface area is 170 Å². The Balaban J connectivity index is 1.02. The van der Waals surface area contributed by atoms with Gasteiger partial charge in [0, 0.05) is 12.8 Å². The Bertz CT molecular complexity index is 523. The molecule has 4 aliphatic rings. The van der Waals surface area contributed by atoms with Crippen molar-refractivity contribution in [2.75, 3.05) is 13.2 Å². The molecule has 0 N–H and O–H groups in total. The monoisotopic (exact) mass is 390 g/mol. The van der Waals surface area contributed by atoms with Crippen molar-refractivity contribution < 1.29 is 19.1 Å². The van der Waals surface area contributed by atoms with Gasteiger partial charge < -0.3 is 9.47 Å². The zero-order valence-corrected chi connectivity index (χ0v) is 17.7. The molecule has 0 aromatic heterocycles. The fraction of sp³-hybridized carbons (Fsp3) is 0.917. The summed E-state index contributed by atoms with van der Waals surface area (Å²) in [6, 6.07) is 0. The molecule has 0 spiro atoms. The number of unbranched alkanes of at least 4 members (excludes halogenated alkanes) is 1. The third kappa shape index (κ3) is 5.30. The van der Waals surface area contributed by atoms with Crippen molar-refractivity contribution in [1.82, 2.24) is 0 Å². The van der Waals surface area contributed by atoms with Crippen LogP contribution >= 0.6 is 0 Å². The average molecular weight is 391 g/mol. The molecule has 8 unspecified atom stereocenters. The van der Waals surface area contributed by atoms with Crippen LogP contribution < -0.4 is 0 Å². The van der Waals surface area contributed by atoms with Crippen molar-refractivity contribution in [3.8, 4) is 0 Å². The quantitative estimate of drug-likeness (QED) is 0.411. The minimum atomic E-state index is -0.103. The Morgan fingerprint density at radius 1 is 0.643 bits per heavy atom. The first kappa shape index (κ1) is 20.2. The van der Waals surface area contributed by atoms with E-state index in [2.05, 4.69) is 13.8 Å². The number of rotatable bonds is 9. The van der Waals surface area contributed by atoms with Gasteiger partial charge in [0.1, 0.15) is 0 Å². The number of carbonyl (C=O) groups excluding carboxylic acids is 2. The van der Waals surface area contributed by atoms with Crippen molar-refractivity contribution in [1.29, 1.82) is 0 Å². The van der Waals surface area contributed by atoms with E-state index in [1.165, 1.54) is 38.5 Å². The SMILES string of the molecule is CC1CC2CC2CC1COC(=O)CCCCC(=O)OCC1CC2CC2CC1C. The molecular formula is C24H38O4. The number of ether oxygens (including phenoxy) is 2. The molecule has 4 fully saturated rings. The zero-order chi connectivity index (χ0) is 19.7. The first-order valence-electron chi connectivity index (χ1n) is 11.8. The summed E-state index contributed by atoms with van der Waals surface area (Å²) in [6.07, 6.45) is 10.2. The summed E-state index contributed by atoms with van der Waals surface area (Å²) in [6.45, 7) is 5.78. The molecule has 0 aromatic rings. The number of esters is 2. The van der Waals surface area contributed by atoms with Gasteiger partial charge in [0.2, 0.25) is 0 Å². The molecule has 4 heteroatoms. The Morgan fingerprint density at radius 2 is 1.04 bits per heavy atom. The zero-order valence-electron chi connectivity index (χ0n) is 17.7. The van der Waals surface area contributed by atoms with Gasteiger partial charge in [0.15, 0.2) is 0 Å². The molecular weight excluding hydrogens is 352 g/mol. The molecule has 0 heterocycles. The lowest BCUT2D eigenvalue weighted by molar-refractivity contribution is -0.148. The Morgan fingerprint density at radius 3 is 1.46 bits per heavy atom. The lowest BCUT2D eigenvalue weighted by Gasteiger charge is -2.27. The van der Waals surface area contributed by atoms with E-state index < -0.39 is 0 Å². The van der Waals surface area contributed by atoms with Gasteiger partial charge in [0.25, 0.3) is 0 Å². The van der Waals surface area contributed by atoms with Crippen LogP contribution in [0.2, 0.25) is 0 Å². The number of carbonyl (C=O) groups is 2. The van der Waals surface area contributed by atoms with Crippen LogP contribution in [-0.4, -0.2) is 25.2 Å². The highest BCUT2D eigenvalue weighted by molar-refractivity contribution is 5.70. The summed E-state index contributed by atoms with van der Waals surface area (Å²) in [4.78, 5) is 24.0. The first-order valence-corrected chi connectivity index (χ1v) is 11.8. The number of hydrogen-bond acceptors (Lipinski definition) is 4. The van der Waals surface area contributed by atoms with Crippen LogP contribution in [0.5, 0.6) is 0 Å². The second kappa shape index (κ2) is 8.75. The molecule has 0 aliphatic heterocycles. The highest BCUT2D eigenvalue weighted by atomic mass is 16.5. The van der Waals surface area contributed by atoms with Crippen molar-refractivity contribution >= 4 is 11.9 Å². The van der Waals surface area contributed by atoms with Gasteiger partial charge in [-0.3, -0.25) is 9.59 Å². The summed E-state index contributed by atoms with van der Waals surface area (Å²) >= 11 is 0. The smallest absolute Gasteiger partial charge is 0.305 e. The molecule has 4 nitrogen and oxygen atoms in total. The largest absolute Gasteiger partial charge is 0.465 e. The highest BCUT2D eigenvalue weighted by Gasteiger charge is 2.46. The number of fused-ring (bicyclic) bond motifs is 2. The third-order valence-electron chi connectivity index (χ3n) is 8.24. The van der Waals surface area contributed by atoms with Crippen LogP contribution in [0, 0.1) is 47.3 Å². The Kier molecular flexibility index (Phi) is 6.32. The van der Waals surface area contributed by atoms with Crippen LogP contribution in [0.4, 0.5) is 0 Å². The van der Waals surface area contributed by atoms with E-state index in [0.29, 0.717) is 62.6 Å². The summed E-state index contributed by atoms with van der Waals surface area (Å²) in [5.41, 5.74) is 0. The molecule has 0 bridgehead atoms. The minimum absolute atomic E-state index is 0.103. The van der Waals surface area contributed by atoms with E-state index in [9.17, 15) is 9.59 Å². The van der Waals surface area contributed by atoms with E-state index in [1.54, 1.807) is 0 Å².